The molecule has 1 atom stereocenters. The first-order chi connectivity index (χ1) is 17.7. The zero-order valence-corrected chi connectivity index (χ0v) is 22.9. The third kappa shape index (κ3) is 6.83. The Bertz CT molecular complexity index is 1280. The highest BCUT2D eigenvalue weighted by Crippen LogP contribution is 2.25. The smallest absolute Gasteiger partial charge is 0.243 e. The molecular formula is C25H32ClN3O6S2. The van der Waals surface area contributed by atoms with Gasteiger partial charge in [0.2, 0.25) is 26.0 Å². The Kier molecular flexibility index (Phi) is 9.12. The lowest BCUT2D eigenvalue weighted by Crippen LogP contribution is -2.45. The molecule has 2 fully saturated rings. The van der Waals surface area contributed by atoms with Gasteiger partial charge in [-0.05, 0) is 74.2 Å². The highest BCUT2D eigenvalue weighted by Gasteiger charge is 2.33. The van der Waals surface area contributed by atoms with E-state index in [1.54, 1.807) is 12.1 Å². The molecular weight excluding hydrogens is 538 g/mol. The molecule has 0 unspecified atom stereocenters. The Labute approximate surface area is 223 Å². The van der Waals surface area contributed by atoms with Crippen molar-refractivity contribution < 1.29 is 26.4 Å². The average molecular weight is 570 g/mol. The predicted octanol–water partition coefficient (Wildman–Crippen LogP) is 3.11. The van der Waals surface area contributed by atoms with Gasteiger partial charge in [0, 0.05) is 31.2 Å². The van der Waals surface area contributed by atoms with Gasteiger partial charge in [-0.15, -0.1) is 0 Å². The van der Waals surface area contributed by atoms with Gasteiger partial charge in [0.05, 0.1) is 22.3 Å². The van der Waals surface area contributed by atoms with Crippen LogP contribution in [0.2, 0.25) is 5.02 Å². The molecule has 2 saturated heterocycles. The maximum absolute atomic E-state index is 13.0. The number of halogens is 1. The summed E-state index contributed by atoms with van der Waals surface area (Å²) in [5.74, 6) is -0.164. The maximum atomic E-state index is 13.0. The topological polar surface area (TPSA) is 113 Å². The van der Waals surface area contributed by atoms with Crippen LogP contribution in [0.15, 0.2) is 58.3 Å². The molecule has 202 valence electrons. The van der Waals surface area contributed by atoms with Crippen molar-refractivity contribution in [3.63, 3.8) is 0 Å². The summed E-state index contributed by atoms with van der Waals surface area (Å²) in [5, 5.41) is 3.27. The van der Waals surface area contributed by atoms with E-state index in [4.69, 9.17) is 16.3 Å². The van der Waals surface area contributed by atoms with Crippen LogP contribution in [0.1, 0.15) is 32.1 Å². The molecule has 0 spiro atoms. The number of carbonyl (C=O) groups excluding carboxylic acids is 1. The minimum absolute atomic E-state index is 0.116. The molecule has 1 N–H and O–H groups in total. The lowest BCUT2D eigenvalue weighted by Gasteiger charge is -2.31. The van der Waals surface area contributed by atoms with Crippen LogP contribution in [-0.4, -0.2) is 70.7 Å². The van der Waals surface area contributed by atoms with E-state index >= 15 is 0 Å². The van der Waals surface area contributed by atoms with E-state index in [1.807, 2.05) is 0 Å². The summed E-state index contributed by atoms with van der Waals surface area (Å²) in [6.45, 7) is 2.01. The van der Waals surface area contributed by atoms with Gasteiger partial charge in [-0.1, -0.05) is 18.0 Å². The summed E-state index contributed by atoms with van der Waals surface area (Å²) in [6.07, 6.45) is 4.00. The molecule has 2 aliphatic heterocycles. The molecule has 4 rings (SSSR count). The number of ether oxygens (including phenoxy) is 1. The fourth-order valence-electron chi connectivity index (χ4n) is 4.58. The van der Waals surface area contributed by atoms with Crippen molar-refractivity contribution in [1.29, 1.82) is 0 Å². The molecule has 12 heteroatoms. The second-order valence-corrected chi connectivity index (χ2v) is 13.5. The largest absolute Gasteiger partial charge is 0.492 e. The Balaban J connectivity index is 1.24. The highest BCUT2D eigenvalue weighted by molar-refractivity contribution is 7.89. The number of nitrogens with one attached hydrogen (secondary N) is 1. The zero-order chi connectivity index (χ0) is 26.5. The van der Waals surface area contributed by atoms with Crippen LogP contribution in [0.4, 0.5) is 0 Å². The average Bonchev–Trinajstić information content (AvgIpc) is 2.92. The van der Waals surface area contributed by atoms with Crippen molar-refractivity contribution >= 4 is 37.6 Å². The van der Waals surface area contributed by atoms with E-state index < -0.39 is 26.0 Å². The number of rotatable bonds is 9. The summed E-state index contributed by atoms with van der Waals surface area (Å²) < 4.78 is 59.9. The molecule has 0 aromatic heterocycles. The highest BCUT2D eigenvalue weighted by atomic mass is 35.5. The van der Waals surface area contributed by atoms with Crippen molar-refractivity contribution in [3.8, 4) is 5.75 Å². The SMILES string of the molecule is O=C(NCCOc1ccc(S(=O)(=O)N2CCCCC2)cc1)[C@H]1CCCN(S(=O)(=O)c2ccc(Cl)cc2)C1. The number of nitrogens with zero attached hydrogens (tertiary/aromatic N) is 2. The van der Waals surface area contributed by atoms with Crippen LogP contribution >= 0.6 is 11.6 Å². The van der Waals surface area contributed by atoms with E-state index in [1.165, 1.54) is 45.0 Å². The van der Waals surface area contributed by atoms with E-state index in [0.717, 1.165) is 19.3 Å². The standard InChI is InChI=1S/C25H32ClN3O6S2/c26-21-6-10-23(11-7-21)37(33,34)29-17-4-5-20(19-29)25(30)27-14-18-35-22-8-12-24(13-9-22)36(31,32)28-15-2-1-3-16-28/h6-13,20H,1-5,14-19H2,(H,27,30)/t20-/m0/s1. The van der Waals surface area contributed by atoms with Gasteiger partial charge in [-0.25, -0.2) is 16.8 Å². The molecule has 37 heavy (non-hydrogen) atoms. The van der Waals surface area contributed by atoms with Crippen molar-refractivity contribution in [2.45, 2.75) is 41.9 Å². The van der Waals surface area contributed by atoms with Crippen LogP contribution in [0, 0.1) is 5.92 Å². The van der Waals surface area contributed by atoms with Gasteiger partial charge >= 0.3 is 0 Å². The number of sulfonamides is 2. The van der Waals surface area contributed by atoms with Gasteiger partial charge < -0.3 is 10.1 Å². The fourth-order valence-corrected chi connectivity index (χ4v) is 7.75. The quantitative estimate of drug-likeness (QED) is 0.464. The molecule has 0 bridgehead atoms. The molecule has 0 aliphatic carbocycles. The van der Waals surface area contributed by atoms with Crippen LogP contribution < -0.4 is 10.1 Å². The van der Waals surface area contributed by atoms with Crippen molar-refractivity contribution in [3.05, 3.63) is 53.6 Å². The zero-order valence-electron chi connectivity index (χ0n) is 20.5. The fraction of sp³-hybridized carbons (Fsp3) is 0.480. The second kappa shape index (κ2) is 12.1. The van der Waals surface area contributed by atoms with E-state index in [-0.39, 0.29) is 35.4 Å². The first-order valence-electron chi connectivity index (χ1n) is 12.4. The molecule has 0 radical (unpaired) electrons. The number of piperidine rings is 2. The molecule has 1 amide bonds. The normalized spacial score (nSPS) is 19.9. The van der Waals surface area contributed by atoms with Gasteiger partial charge in [0.1, 0.15) is 12.4 Å². The first-order valence-corrected chi connectivity index (χ1v) is 15.7. The summed E-state index contributed by atoms with van der Waals surface area (Å²) in [6, 6.07) is 12.3. The summed E-state index contributed by atoms with van der Waals surface area (Å²) in [5.41, 5.74) is 0. The van der Waals surface area contributed by atoms with Crippen LogP contribution in [0.25, 0.3) is 0 Å². The Hall–Kier alpha value is -2.18. The van der Waals surface area contributed by atoms with Crippen molar-refractivity contribution in [2.75, 3.05) is 39.3 Å². The minimum Gasteiger partial charge on any atom is -0.492 e. The number of hydrogen-bond acceptors (Lipinski definition) is 6. The Morgan fingerprint density at radius 2 is 1.41 bits per heavy atom. The van der Waals surface area contributed by atoms with Gasteiger partial charge in [-0.2, -0.15) is 8.61 Å². The number of carbonyl (C=O) groups is 1. The Morgan fingerprint density at radius 3 is 2.05 bits per heavy atom. The van der Waals surface area contributed by atoms with E-state index in [2.05, 4.69) is 5.32 Å². The first kappa shape index (κ1) is 27.8. The number of benzene rings is 2. The predicted molar refractivity (Wildman–Crippen MR) is 140 cm³/mol. The third-order valence-electron chi connectivity index (χ3n) is 6.65. The minimum atomic E-state index is -3.70. The molecule has 9 nitrogen and oxygen atoms in total. The molecule has 2 aliphatic rings. The molecule has 2 aromatic rings. The monoisotopic (exact) mass is 569 g/mol. The van der Waals surface area contributed by atoms with Crippen LogP contribution in [0.5, 0.6) is 5.75 Å². The third-order valence-corrected chi connectivity index (χ3v) is 10.7. The number of amides is 1. The van der Waals surface area contributed by atoms with Gasteiger partial charge in [-0.3, -0.25) is 4.79 Å². The van der Waals surface area contributed by atoms with Crippen LogP contribution in [0.3, 0.4) is 0 Å². The van der Waals surface area contributed by atoms with Crippen molar-refractivity contribution in [1.82, 2.24) is 13.9 Å². The lowest BCUT2D eigenvalue weighted by atomic mass is 9.99. The number of hydrogen-bond donors (Lipinski definition) is 1. The summed E-state index contributed by atoms with van der Waals surface area (Å²) >= 11 is 5.87. The van der Waals surface area contributed by atoms with Gasteiger partial charge in [0.25, 0.3) is 0 Å². The molecule has 2 aromatic carbocycles. The van der Waals surface area contributed by atoms with Crippen LogP contribution in [-0.2, 0) is 24.8 Å². The second-order valence-electron chi connectivity index (χ2n) is 9.23. The van der Waals surface area contributed by atoms with Gasteiger partial charge in [0.15, 0.2) is 0 Å². The maximum Gasteiger partial charge on any atom is 0.243 e. The lowest BCUT2D eigenvalue weighted by molar-refractivity contribution is -0.126. The molecule has 2 heterocycles. The Morgan fingerprint density at radius 1 is 0.838 bits per heavy atom. The van der Waals surface area contributed by atoms with Crippen molar-refractivity contribution in [2.24, 2.45) is 5.92 Å². The van der Waals surface area contributed by atoms with E-state index in [0.29, 0.717) is 43.2 Å². The summed E-state index contributed by atoms with van der Waals surface area (Å²) in [7, 11) is -7.20. The van der Waals surface area contributed by atoms with E-state index in [9.17, 15) is 21.6 Å². The summed E-state index contributed by atoms with van der Waals surface area (Å²) in [4.78, 5) is 13.1. The molecule has 0 saturated carbocycles.